The summed E-state index contributed by atoms with van der Waals surface area (Å²) in [6.07, 6.45) is 6.48. The Morgan fingerprint density at radius 2 is 2.00 bits per heavy atom. The van der Waals surface area contributed by atoms with E-state index in [0.29, 0.717) is 29.6 Å². The molecule has 1 aromatic rings. The molecule has 0 aliphatic heterocycles. The van der Waals surface area contributed by atoms with Crippen molar-refractivity contribution in [2.45, 2.75) is 56.3 Å². The van der Waals surface area contributed by atoms with Crippen molar-refractivity contribution >= 4 is 16.8 Å². The second kappa shape index (κ2) is 5.91. The van der Waals surface area contributed by atoms with Crippen LogP contribution in [0.25, 0.3) is 0 Å². The number of aromatic carboxylic acids is 1. The molecule has 0 saturated heterocycles. The van der Waals surface area contributed by atoms with Gasteiger partial charge in [0.25, 0.3) is 0 Å². The number of rotatable bonds is 6. The lowest BCUT2D eigenvalue weighted by atomic mass is 9.79. The summed E-state index contributed by atoms with van der Waals surface area (Å²) >= 11 is 0. The largest absolute Gasteiger partial charge is 0.478 e. The summed E-state index contributed by atoms with van der Waals surface area (Å²) < 4.78 is 12.8. The Labute approximate surface area is 128 Å². The molecule has 0 amide bonds. The third kappa shape index (κ3) is 2.91. The second-order valence-electron chi connectivity index (χ2n) is 6.25. The monoisotopic (exact) mass is 306 g/mol. The lowest BCUT2D eigenvalue weighted by molar-refractivity contribution is 0.0695. The molecule has 114 valence electrons. The van der Waals surface area contributed by atoms with E-state index >= 15 is 0 Å². The van der Waals surface area contributed by atoms with Crippen LogP contribution in [0.1, 0.15) is 66.4 Å². The molecule has 0 bridgehead atoms. The van der Waals surface area contributed by atoms with Crippen LogP contribution in [-0.4, -0.2) is 21.0 Å². The average molecular weight is 306 g/mol. The Balaban J connectivity index is 2.06. The van der Waals surface area contributed by atoms with E-state index in [2.05, 4.69) is 0 Å². The first-order chi connectivity index (χ1) is 10.1. The van der Waals surface area contributed by atoms with Crippen molar-refractivity contribution in [1.29, 1.82) is 0 Å². The van der Waals surface area contributed by atoms with Crippen LogP contribution in [-0.2, 0) is 17.2 Å². The highest BCUT2D eigenvalue weighted by Crippen LogP contribution is 2.42. The molecule has 2 aliphatic carbocycles. The summed E-state index contributed by atoms with van der Waals surface area (Å²) in [5.74, 6) is 0.863. The number of carbonyl (C=O) groups is 1. The Morgan fingerprint density at radius 1 is 1.29 bits per heavy atom. The maximum atomic E-state index is 12.8. The van der Waals surface area contributed by atoms with Crippen LogP contribution in [0.3, 0.4) is 0 Å². The number of benzene rings is 1. The lowest BCUT2D eigenvalue weighted by Gasteiger charge is -2.29. The third-order valence-corrected chi connectivity index (χ3v) is 6.44. The van der Waals surface area contributed by atoms with Gasteiger partial charge in [-0.3, -0.25) is 4.21 Å². The SMILES string of the molecule is CCc1c(C(=O)O)ccc(C2CCC2)c1[S@@](=O)CC1CC1. The van der Waals surface area contributed by atoms with E-state index < -0.39 is 16.8 Å². The quantitative estimate of drug-likeness (QED) is 0.871. The fraction of sp³-hybridized carbons (Fsp3) is 0.588. The molecular formula is C17H22O3S. The van der Waals surface area contributed by atoms with E-state index in [1.54, 1.807) is 6.07 Å². The molecule has 0 radical (unpaired) electrons. The fourth-order valence-electron chi connectivity index (χ4n) is 3.09. The van der Waals surface area contributed by atoms with Crippen LogP contribution in [0.4, 0.5) is 0 Å². The van der Waals surface area contributed by atoms with Crippen LogP contribution >= 0.6 is 0 Å². The second-order valence-corrected chi connectivity index (χ2v) is 7.68. The van der Waals surface area contributed by atoms with Crippen LogP contribution in [0.15, 0.2) is 17.0 Å². The van der Waals surface area contributed by atoms with E-state index in [1.807, 2.05) is 13.0 Å². The first kappa shape index (κ1) is 14.8. The van der Waals surface area contributed by atoms with Gasteiger partial charge in [0.05, 0.1) is 16.4 Å². The van der Waals surface area contributed by atoms with Gasteiger partial charge in [-0.05, 0) is 61.1 Å². The number of carboxylic acid groups (broad SMARTS) is 1. The molecule has 3 rings (SSSR count). The molecule has 0 heterocycles. The molecule has 4 heteroatoms. The Morgan fingerprint density at radius 3 is 2.48 bits per heavy atom. The minimum atomic E-state index is -1.05. The van der Waals surface area contributed by atoms with Crippen molar-refractivity contribution in [3.8, 4) is 0 Å². The van der Waals surface area contributed by atoms with E-state index in [1.165, 1.54) is 19.3 Å². The molecule has 1 N–H and O–H groups in total. The Kier molecular flexibility index (Phi) is 4.16. The van der Waals surface area contributed by atoms with E-state index in [-0.39, 0.29) is 0 Å². The van der Waals surface area contributed by atoms with Gasteiger partial charge in [-0.2, -0.15) is 0 Å². The Hall–Kier alpha value is -1.16. The summed E-state index contributed by atoms with van der Waals surface area (Å²) in [5.41, 5.74) is 2.28. The zero-order chi connectivity index (χ0) is 15.0. The zero-order valence-electron chi connectivity index (χ0n) is 12.4. The van der Waals surface area contributed by atoms with E-state index in [0.717, 1.165) is 28.9 Å². The summed E-state index contributed by atoms with van der Waals surface area (Å²) in [6.45, 7) is 1.96. The topological polar surface area (TPSA) is 54.4 Å². The fourth-order valence-corrected chi connectivity index (χ4v) is 5.04. The van der Waals surface area contributed by atoms with Crippen molar-refractivity contribution in [1.82, 2.24) is 0 Å². The molecule has 0 spiro atoms. The van der Waals surface area contributed by atoms with Gasteiger partial charge < -0.3 is 5.11 Å². The molecule has 0 aromatic heterocycles. The highest BCUT2D eigenvalue weighted by Gasteiger charge is 2.31. The summed E-state index contributed by atoms with van der Waals surface area (Å²) in [4.78, 5) is 12.3. The van der Waals surface area contributed by atoms with E-state index in [9.17, 15) is 14.1 Å². The predicted molar refractivity (Wildman–Crippen MR) is 83.4 cm³/mol. The van der Waals surface area contributed by atoms with Gasteiger partial charge in [-0.25, -0.2) is 4.79 Å². The standard InChI is InChI=1S/C17H22O3S/c1-2-13-15(17(18)19)9-8-14(12-4-3-5-12)16(13)21(20)10-11-6-7-11/h8-9,11-12H,2-7,10H2,1H3,(H,18,19)/t21-/m0/s1. The third-order valence-electron chi connectivity index (χ3n) is 4.73. The molecule has 3 nitrogen and oxygen atoms in total. The minimum absolute atomic E-state index is 0.333. The highest BCUT2D eigenvalue weighted by molar-refractivity contribution is 7.85. The summed E-state index contributed by atoms with van der Waals surface area (Å²) in [7, 11) is -1.05. The van der Waals surface area contributed by atoms with Gasteiger partial charge in [0.15, 0.2) is 0 Å². The van der Waals surface area contributed by atoms with Crippen LogP contribution in [0, 0.1) is 5.92 Å². The molecule has 21 heavy (non-hydrogen) atoms. The summed E-state index contributed by atoms with van der Waals surface area (Å²) in [6, 6.07) is 3.64. The van der Waals surface area contributed by atoms with Gasteiger partial charge in [-0.15, -0.1) is 0 Å². The summed E-state index contributed by atoms with van der Waals surface area (Å²) in [5, 5.41) is 9.40. The molecule has 1 atom stereocenters. The number of hydrogen-bond acceptors (Lipinski definition) is 2. The molecule has 0 unspecified atom stereocenters. The normalized spacial score (nSPS) is 20.0. The minimum Gasteiger partial charge on any atom is -0.478 e. The van der Waals surface area contributed by atoms with E-state index in [4.69, 9.17) is 0 Å². The van der Waals surface area contributed by atoms with Crippen LogP contribution < -0.4 is 0 Å². The van der Waals surface area contributed by atoms with Gasteiger partial charge in [0.1, 0.15) is 0 Å². The molecule has 1 aromatic carbocycles. The number of hydrogen-bond donors (Lipinski definition) is 1. The Bertz CT molecular complexity index is 586. The van der Waals surface area contributed by atoms with Gasteiger partial charge >= 0.3 is 5.97 Å². The van der Waals surface area contributed by atoms with Crippen molar-refractivity contribution in [2.75, 3.05) is 5.75 Å². The maximum Gasteiger partial charge on any atom is 0.336 e. The first-order valence-corrected chi connectivity index (χ1v) is 9.21. The van der Waals surface area contributed by atoms with Crippen molar-refractivity contribution < 1.29 is 14.1 Å². The predicted octanol–water partition coefficient (Wildman–Crippen LogP) is 3.73. The van der Waals surface area contributed by atoms with Gasteiger partial charge in [-0.1, -0.05) is 19.4 Å². The molecule has 2 fully saturated rings. The molecular weight excluding hydrogens is 284 g/mol. The molecule has 2 aliphatic rings. The van der Waals surface area contributed by atoms with Crippen LogP contribution in [0.2, 0.25) is 0 Å². The number of carboxylic acids is 1. The maximum absolute atomic E-state index is 12.8. The van der Waals surface area contributed by atoms with Crippen molar-refractivity contribution in [3.63, 3.8) is 0 Å². The van der Waals surface area contributed by atoms with Gasteiger partial charge in [0.2, 0.25) is 0 Å². The first-order valence-electron chi connectivity index (χ1n) is 7.89. The smallest absolute Gasteiger partial charge is 0.336 e. The molecule has 2 saturated carbocycles. The zero-order valence-corrected chi connectivity index (χ0v) is 13.2. The van der Waals surface area contributed by atoms with Gasteiger partial charge in [0, 0.05) is 10.6 Å². The average Bonchev–Trinajstić information content (AvgIpc) is 3.19. The van der Waals surface area contributed by atoms with Crippen LogP contribution in [0.5, 0.6) is 0 Å². The lowest BCUT2D eigenvalue weighted by Crippen LogP contribution is -2.17. The highest BCUT2D eigenvalue weighted by atomic mass is 32.2. The van der Waals surface area contributed by atoms with Crippen molar-refractivity contribution in [2.24, 2.45) is 5.92 Å². The van der Waals surface area contributed by atoms with Crippen molar-refractivity contribution in [3.05, 3.63) is 28.8 Å².